The van der Waals surface area contributed by atoms with Gasteiger partial charge in [0.05, 0.1) is 10.0 Å². The molecule has 0 spiro atoms. The van der Waals surface area contributed by atoms with Crippen LogP contribution in [0.15, 0.2) is 24.3 Å². The smallest absolute Gasteiger partial charge is 0.161 e. The lowest BCUT2D eigenvalue weighted by atomic mass is 10.2. The van der Waals surface area contributed by atoms with Gasteiger partial charge in [-0.05, 0) is 25.1 Å². The first-order valence-electron chi connectivity index (χ1n) is 4.63. The number of hydrogen-bond acceptors (Lipinski definition) is 3. The van der Waals surface area contributed by atoms with Crippen LogP contribution in [-0.2, 0) is 0 Å². The van der Waals surface area contributed by atoms with Crippen LogP contribution in [0.4, 0.5) is 5.82 Å². The van der Waals surface area contributed by atoms with E-state index in [0.29, 0.717) is 21.7 Å². The highest BCUT2D eigenvalue weighted by atomic mass is 35.5. The highest BCUT2D eigenvalue weighted by molar-refractivity contribution is 6.42. The van der Waals surface area contributed by atoms with Crippen molar-refractivity contribution >= 4 is 29.0 Å². The van der Waals surface area contributed by atoms with Gasteiger partial charge in [0, 0.05) is 17.3 Å². The van der Waals surface area contributed by atoms with Crippen molar-refractivity contribution in [3.8, 4) is 11.4 Å². The molecule has 0 aliphatic carbocycles. The third kappa shape index (κ3) is 2.26. The molecule has 2 N–H and O–H groups in total. The van der Waals surface area contributed by atoms with Gasteiger partial charge in [-0.25, -0.2) is 9.97 Å². The number of aromatic nitrogens is 2. The number of rotatable bonds is 1. The molecule has 3 nitrogen and oxygen atoms in total. The second-order valence-electron chi connectivity index (χ2n) is 3.39. The Hall–Kier alpha value is -1.32. The van der Waals surface area contributed by atoms with E-state index in [2.05, 4.69) is 9.97 Å². The molecule has 5 heteroatoms. The molecule has 1 aromatic heterocycles. The molecule has 0 radical (unpaired) electrons. The van der Waals surface area contributed by atoms with Gasteiger partial charge in [-0.2, -0.15) is 0 Å². The van der Waals surface area contributed by atoms with Crippen molar-refractivity contribution in [3.63, 3.8) is 0 Å². The van der Waals surface area contributed by atoms with Gasteiger partial charge in [-0.3, -0.25) is 0 Å². The highest BCUT2D eigenvalue weighted by Gasteiger charge is 2.06. The number of benzene rings is 1. The van der Waals surface area contributed by atoms with Crippen molar-refractivity contribution in [2.45, 2.75) is 6.92 Å². The number of anilines is 1. The van der Waals surface area contributed by atoms with E-state index in [9.17, 15) is 0 Å². The molecule has 0 aliphatic rings. The van der Waals surface area contributed by atoms with E-state index in [1.165, 1.54) is 0 Å². The summed E-state index contributed by atoms with van der Waals surface area (Å²) in [5.41, 5.74) is 7.26. The summed E-state index contributed by atoms with van der Waals surface area (Å²) in [7, 11) is 0. The Bertz CT molecular complexity index is 520. The Kier molecular flexibility index (Phi) is 2.99. The predicted molar refractivity (Wildman–Crippen MR) is 66.6 cm³/mol. The normalized spacial score (nSPS) is 10.4. The summed E-state index contributed by atoms with van der Waals surface area (Å²) < 4.78 is 0. The lowest BCUT2D eigenvalue weighted by molar-refractivity contribution is 1.12. The molecule has 16 heavy (non-hydrogen) atoms. The van der Waals surface area contributed by atoms with E-state index in [1.54, 1.807) is 18.2 Å². The zero-order valence-electron chi connectivity index (χ0n) is 8.54. The van der Waals surface area contributed by atoms with Crippen molar-refractivity contribution in [2.24, 2.45) is 0 Å². The second-order valence-corrected chi connectivity index (χ2v) is 4.20. The Morgan fingerprint density at radius 3 is 2.44 bits per heavy atom. The van der Waals surface area contributed by atoms with Crippen molar-refractivity contribution in [3.05, 3.63) is 40.0 Å². The summed E-state index contributed by atoms with van der Waals surface area (Å²) in [6.07, 6.45) is 0. The maximum Gasteiger partial charge on any atom is 0.161 e. The fourth-order valence-electron chi connectivity index (χ4n) is 1.36. The first kappa shape index (κ1) is 11.2. The first-order chi connectivity index (χ1) is 7.56. The molecular weight excluding hydrogens is 245 g/mol. The quantitative estimate of drug-likeness (QED) is 0.849. The zero-order valence-corrected chi connectivity index (χ0v) is 10.0. The van der Waals surface area contributed by atoms with Crippen LogP contribution in [0, 0.1) is 6.92 Å². The number of nitrogens with zero attached hydrogens (tertiary/aromatic N) is 2. The number of nitrogens with two attached hydrogens (primary N) is 1. The van der Waals surface area contributed by atoms with E-state index in [1.807, 2.05) is 13.0 Å². The number of aryl methyl sites for hydroxylation is 1. The van der Waals surface area contributed by atoms with Gasteiger partial charge < -0.3 is 5.73 Å². The van der Waals surface area contributed by atoms with E-state index in [-0.39, 0.29) is 0 Å². The zero-order chi connectivity index (χ0) is 11.7. The third-order valence-electron chi connectivity index (χ3n) is 2.05. The highest BCUT2D eigenvalue weighted by Crippen LogP contribution is 2.27. The van der Waals surface area contributed by atoms with Gasteiger partial charge >= 0.3 is 0 Å². The molecule has 0 bridgehead atoms. The topological polar surface area (TPSA) is 51.8 Å². The Labute approximate surface area is 103 Å². The van der Waals surface area contributed by atoms with Crippen molar-refractivity contribution < 1.29 is 0 Å². The number of nitrogen functional groups attached to an aromatic ring is 1. The average molecular weight is 254 g/mol. The van der Waals surface area contributed by atoms with Gasteiger partial charge in [-0.15, -0.1) is 0 Å². The molecule has 0 saturated carbocycles. The van der Waals surface area contributed by atoms with Gasteiger partial charge in [0.1, 0.15) is 5.82 Å². The maximum atomic E-state index is 5.92. The van der Waals surface area contributed by atoms with Gasteiger partial charge in [0.2, 0.25) is 0 Å². The van der Waals surface area contributed by atoms with Crippen LogP contribution in [0.3, 0.4) is 0 Å². The molecule has 0 unspecified atom stereocenters. The predicted octanol–water partition coefficient (Wildman–Crippen LogP) is 3.34. The van der Waals surface area contributed by atoms with Crippen LogP contribution in [0.25, 0.3) is 11.4 Å². The van der Waals surface area contributed by atoms with Crippen molar-refractivity contribution in [2.75, 3.05) is 5.73 Å². The Balaban J connectivity index is 2.54. The molecular formula is C11H9Cl2N3. The van der Waals surface area contributed by atoms with Crippen molar-refractivity contribution in [1.82, 2.24) is 9.97 Å². The molecule has 0 saturated heterocycles. The molecule has 82 valence electrons. The minimum absolute atomic E-state index is 0.438. The summed E-state index contributed by atoms with van der Waals surface area (Å²) in [4.78, 5) is 8.42. The molecule has 2 aromatic rings. The minimum Gasteiger partial charge on any atom is -0.384 e. The SMILES string of the molecule is Cc1cc(N)nc(-c2ccc(Cl)c(Cl)c2)n1. The fourth-order valence-corrected chi connectivity index (χ4v) is 1.66. The Morgan fingerprint density at radius 2 is 1.81 bits per heavy atom. The van der Waals surface area contributed by atoms with Crippen LogP contribution < -0.4 is 5.73 Å². The Morgan fingerprint density at radius 1 is 1.06 bits per heavy atom. The summed E-state index contributed by atoms with van der Waals surface area (Å²) in [6.45, 7) is 1.86. The number of hydrogen-bond donors (Lipinski definition) is 1. The van der Waals surface area contributed by atoms with Gasteiger partial charge in [-0.1, -0.05) is 23.2 Å². The van der Waals surface area contributed by atoms with Crippen molar-refractivity contribution in [1.29, 1.82) is 0 Å². The standard InChI is InChI=1S/C11H9Cl2N3/c1-6-4-10(14)16-11(15-6)7-2-3-8(12)9(13)5-7/h2-5H,1H3,(H2,14,15,16). The van der Waals surface area contributed by atoms with Crippen LogP contribution in [0.1, 0.15) is 5.69 Å². The third-order valence-corrected chi connectivity index (χ3v) is 2.79. The lowest BCUT2D eigenvalue weighted by Gasteiger charge is -2.04. The molecule has 2 rings (SSSR count). The first-order valence-corrected chi connectivity index (χ1v) is 5.38. The molecule has 1 heterocycles. The lowest BCUT2D eigenvalue weighted by Crippen LogP contribution is -1.97. The minimum atomic E-state index is 0.438. The maximum absolute atomic E-state index is 5.92. The molecule has 0 amide bonds. The van der Waals surface area contributed by atoms with Crippen LogP contribution in [0.2, 0.25) is 10.0 Å². The number of halogens is 2. The second kappa shape index (κ2) is 4.28. The molecule has 0 fully saturated rings. The summed E-state index contributed by atoms with van der Waals surface area (Å²) in [6, 6.07) is 6.95. The monoisotopic (exact) mass is 253 g/mol. The van der Waals surface area contributed by atoms with E-state index in [0.717, 1.165) is 11.3 Å². The van der Waals surface area contributed by atoms with Crippen LogP contribution in [-0.4, -0.2) is 9.97 Å². The molecule has 0 aliphatic heterocycles. The average Bonchev–Trinajstić information content (AvgIpc) is 2.20. The van der Waals surface area contributed by atoms with Gasteiger partial charge in [0.25, 0.3) is 0 Å². The van der Waals surface area contributed by atoms with E-state index in [4.69, 9.17) is 28.9 Å². The summed E-state index contributed by atoms with van der Waals surface area (Å²) in [5, 5.41) is 0.980. The summed E-state index contributed by atoms with van der Waals surface area (Å²) in [5.74, 6) is 0.990. The largest absolute Gasteiger partial charge is 0.384 e. The van der Waals surface area contributed by atoms with Gasteiger partial charge in [0.15, 0.2) is 5.82 Å². The molecule has 0 atom stereocenters. The fraction of sp³-hybridized carbons (Fsp3) is 0.0909. The van der Waals surface area contributed by atoms with E-state index < -0.39 is 0 Å². The summed E-state index contributed by atoms with van der Waals surface area (Å²) >= 11 is 11.8. The van der Waals surface area contributed by atoms with Crippen LogP contribution in [0.5, 0.6) is 0 Å². The van der Waals surface area contributed by atoms with E-state index >= 15 is 0 Å². The molecule has 1 aromatic carbocycles. The van der Waals surface area contributed by atoms with Crippen LogP contribution >= 0.6 is 23.2 Å².